The van der Waals surface area contributed by atoms with Gasteiger partial charge in [0.2, 0.25) is 0 Å². The minimum atomic E-state index is 1.08. The van der Waals surface area contributed by atoms with Crippen LogP contribution in [-0.4, -0.2) is 11.0 Å². The molecular formula is C40H58N+. The Hall–Kier alpha value is -2.64. The van der Waals surface area contributed by atoms with Gasteiger partial charge >= 0.3 is 0 Å². The molecule has 3 rings (SSSR count). The van der Waals surface area contributed by atoms with Gasteiger partial charge in [0, 0.05) is 16.7 Å². The van der Waals surface area contributed by atoms with Crippen LogP contribution in [0.1, 0.15) is 120 Å². The van der Waals surface area contributed by atoms with Gasteiger partial charge in [-0.05, 0) is 38.5 Å². The van der Waals surface area contributed by atoms with E-state index in [4.69, 9.17) is 0 Å². The Balaban J connectivity index is 1.42. The molecule has 1 nitrogen and oxygen atoms in total. The lowest BCUT2D eigenvalue weighted by molar-refractivity contribution is -0.966. The Bertz CT molecular complexity index is 923. The molecule has 3 aromatic carbocycles. The van der Waals surface area contributed by atoms with Gasteiger partial charge in [0.1, 0.15) is 19.6 Å². The SMILES string of the molecule is CCCCCCCCCC/C=C/CCCCCCC[N+](Cc1ccccc1)(Cc1ccccc1)Cc1ccccc1. The second kappa shape index (κ2) is 21.1. The Labute approximate surface area is 253 Å². The van der Waals surface area contributed by atoms with E-state index in [0.29, 0.717) is 0 Å². The van der Waals surface area contributed by atoms with E-state index in [1.807, 2.05) is 0 Å². The van der Waals surface area contributed by atoms with Crippen LogP contribution in [0, 0.1) is 0 Å². The van der Waals surface area contributed by atoms with Gasteiger partial charge < -0.3 is 4.48 Å². The number of hydrogen-bond donors (Lipinski definition) is 0. The summed E-state index contributed by atoms with van der Waals surface area (Å²) in [5.74, 6) is 0. The minimum absolute atomic E-state index is 1.08. The van der Waals surface area contributed by atoms with Crippen molar-refractivity contribution >= 4 is 0 Å². The van der Waals surface area contributed by atoms with Crippen LogP contribution >= 0.6 is 0 Å². The predicted molar refractivity (Wildman–Crippen MR) is 180 cm³/mol. The third-order valence-electron chi connectivity index (χ3n) is 8.48. The van der Waals surface area contributed by atoms with Crippen molar-refractivity contribution in [3.05, 3.63) is 120 Å². The first-order valence-electron chi connectivity index (χ1n) is 16.9. The number of allylic oxidation sites excluding steroid dienone is 2. The molecule has 0 aliphatic carbocycles. The molecule has 0 radical (unpaired) electrons. The van der Waals surface area contributed by atoms with Crippen molar-refractivity contribution < 1.29 is 4.48 Å². The zero-order valence-electron chi connectivity index (χ0n) is 26.2. The van der Waals surface area contributed by atoms with Crippen LogP contribution in [0.25, 0.3) is 0 Å². The highest BCUT2D eigenvalue weighted by molar-refractivity contribution is 5.17. The maximum absolute atomic E-state index is 2.45. The summed E-state index contributed by atoms with van der Waals surface area (Å²) in [6.45, 7) is 6.75. The van der Waals surface area contributed by atoms with Crippen molar-refractivity contribution in [2.24, 2.45) is 0 Å². The first kappa shape index (κ1) is 32.9. The van der Waals surface area contributed by atoms with Crippen molar-refractivity contribution in [2.45, 2.75) is 123 Å². The quantitative estimate of drug-likeness (QED) is 0.0623. The van der Waals surface area contributed by atoms with Crippen LogP contribution < -0.4 is 0 Å². The highest BCUT2D eigenvalue weighted by Gasteiger charge is 2.28. The lowest BCUT2D eigenvalue weighted by atomic mass is 10.0. The molecule has 0 fully saturated rings. The van der Waals surface area contributed by atoms with Gasteiger partial charge in [-0.15, -0.1) is 0 Å². The number of hydrogen-bond acceptors (Lipinski definition) is 0. The monoisotopic (exact) mass is 552 g/mol. The van der Waals surface area contributed by atoms with Gasteiger partial charge in [-0.1, -0.05) is 168 Å². The maximum atomic E-state index is 2.45. The molecule has 1 heteroatoms. The summed E-state index contributed by atoms with van der Waals surface area (Å²) in [6, 6.07) is 33.4. The average molecular weight is 553 g/mol. The number of unbranched alkanes of at least 4 members (excludes halogenated alkanes) is 13. The lowest BCUT2D eigenvalue weighted by Gasteiger charge is -2.39. The minimum Gasteiger partial charge on any atom is -0.312 e. The molecule has 0 saturated carbocycles. The molecule has 0 aliphatic heterocycles. The van der Waals surface area contributed by atoms with Crippen LogP contribution in [0.15, 0.2) is 103 Å². The molecule has 3 aromatic rings. The molecule has 0 spiro atoms. The van der Waals surface area contributed by atoms with Crippen molar-refractivity contribution in [1.82, 2.24) is 0 Å². The first-order chi connectivity index (χ1) is 20.3. The summed E-state index contributed by atoms with van der Waals surface area (Å²) >= 11 is 0. The van der Waals surface area contributed by atoms with Crippen molar-refractivity contribution in [2.75, 3.05) is 6.54 Å². The summed E-state index contributed by atoms with van der Waals surface area (Å²) in [5.41, 5.74) is 4.33. The van der Waals surface area contributed by atoms with Gasteiger partial charge in [0.25, 0.3) is 0 Å². The standard InChI is InChI=1S/C40H58N/c1-2-3-4-5-6-7-8-9-10-11-12-13-14-15-16-17-27-34-41(35-38-28-21-18-22-29-38,36-39-30-23-19-24-31-39)37-40-32-25-20-26-33-40/h11-12,18-26,28-33H,2-10,13-17,27,34-37H2,1H3/q+1/b12-11+. The van der Waals surface area contributed by atoms with Crippen LogP contribution in [0.2, 0.25) is 0 Å². The number of benzene rings is 3. The molecular weight excluding hydrogens is 494 g/mol. The Morgan fingerprint density at radius 1 is 0.415 bits per heavy atom. The third-order valence-corrected chi connectivity index (χ3v) is 8.48. The fraction of sp³-hybridized carbons (Fsp3) is 0.500. The van der Waals surface area contributed by atoms with E-state index in [0.717, 1.165) is 24.1 Å². The smallest absolute Gasteiger partial charge is 0.105 e. The van der Waals surface area contributed by atoms with E-state index in [-0.39, 0.29) is 0 Å². The van der Waals surface area contributed by atoms with E-state index >= 15 is 0 Å². The summed E-state index contributed by atoms with van der Waals surface area (Å²) < 4.78 is 1.08. The zero-order valence-corrected chi connectivity index (χ0v) is 26.2. The first-order valence-corrected chi connectivity index (χ1v) is 16.9. The molecule has 41 heavy (non-hydrogen) atoms. The Morgan fingerprint density at radius 3 is 1.15 bits per heavy atom. The molecule has 0 heterocycles. The molecule has 0 amide bonds. The number of rotatable bonds is 23. The van der Waals surface area contributed by atoms with Crippen LogP contribution in [0.4, 0.5) is 0 Å². The van der Waals surface area contributed by atoms with Gasteiger partial charge in [0.05, 0.1) is 6.54 Å². The Kier molecular flexibility index (Phi) is 16.9. The normalized spacial score (nSPS) is 11.8. The fourth-order valence-corrected chi connectivity index (χ4v) is 6.19. The van der Waals surface area contributed by atoms with E-state index in [2.05, 4.69) is 110 Å². The molecule has 0 unspecified atom stereocenters. The molecule has 0 aromatic heterocycles. The molecule has 0 bridgehead atoms. The van der Waals surface area contributed by atoms with Gasteiger partial charge in [0.15, 0.2) is 0 Å². The van der Waals surface area contributed by atoms with E-state index in [1.165, 1.54) is 120 Å². The van der Waals surface area contributed by atoms with Crippen molar-refractivity contribution in [1.29, 1.82) is 0 Å². The average Bonchev–Trinajstić information content (AvgIpc) is 3.00. The number of nitrogens with zero attached hydrogens (tertiary/aromatic N) is 1. The second-order valence-electron chi connectivity index (χ2n) is 12.3. The van der Waals surface area contributed by atoms with Gasteiger partial charge in [-0.2, -0.15) is 0 Å². The molecule has 222 valence electrons. The van der Waals surface area contributed by atoms with E-state index < -0.39 is 0 Å². The molecule has 0 aliphatic rings. The lowest BCUT2D eigenvalue weighted by Crippen LogP contribution is -2.46. The highest BCUT2D eigenvalue weighted by Crippen LogP contribution is 2.26. The summed E-state index contributed by atoms with van der Waals surface area (Å²) in [6.07, 6.45) is 25.4. The molecule has 0 saturated heterocycles. The second-order valence-corrected chi connectivity index (χ2v) is 12.3. The van der Waals surface area contributed by atoms with Crippen molar-refractivity contribution in [3.63, 3.8) is 0 Å². The van der Waals surface area contributed by atoms with Crippen LogP contribution in [0.5, 0.6) is 0 Å². The largest absolute Gasteiger partial charge is 0.312 e. The van der Waals surface area contributed by atoms with Crippen molar-refractivity contribution in [3.8, 4) is 0 Å². The summed E-state index contributed by atoms with van der Waals surface area (Å²) in [5, 5.41) is 0. The summed E-state index contributed by atoms with van der Waals surface area (Å²) in [4.78, 5) is 0. The van der Waals surface area contributed by atoms with Crippen LogP contribution in [-0.2, 0) is 19.6 Å². The zero-order chi connectivity index (χ0) is 28.7. The third kappa shape index (κ3) is 14.7. The van der Waals surface area contributed by atoms with E-state index in [1.54, 1.807) is 0 Å². The van der Waals surface area contributed by atoms with Crippen LogP contribution in [0.3, 0.4) is 0 Å². The molecule has 0 atom stereocenters. The van der Waals surface area contributed by atoms with Gasteiger partial charge in [-0.25, -0.2) is 0 Å². The Morgan fingerprint density at radius 2 is 0.756 bits per heavy atom. The topological polar surface area (TPSA) is 0 Å². The van der Waals surface area contributed by atoms with E-state index in [9.17, 15) is 0 Å². The fourth-order valence-electron chi connectivity index (χ4n) is 6.19. The highest BCUT2D eigenvalue weighted by atomic mass is 15.3. The predicted octanol–water partition coefficient (Wildman–Crippen LogP) is 11.8. The summed E-state index contributed by atoms with van der Waals surface area (Å²) in [7, 11) is 0. The molecule has 0 N–H and O–H groups in total. The van der Waals surface area contributed by atoms with Gasteiger partial charge in [-0.3, -0.25) is 0 Å². The maximum Gasteiger partial charge on any atom is 0.105 e. The number of quaternary nitrogens is 1.